The maximum absolute atomic E-state index is 11.6. The van der Waals surface area contributed by atoms with Crippen molar-refractivity contribution in [2.24, 2.45) is 5.84 Å². The van der Waals surface area contributed by atoms with E-state index in [-0.39, 0.29) is 11.6 Å². The molecule has 0 saturated heterocycles. The van der Waals surface area contributed by atoms with Crippen molar-refractivity contribution in [2.45, 2.75) is 13.5 Å². The average Bonchev–Trinajstić information content (AvgIpc) is 2.35. The standard InChI is InChI=1S/C10H11ClN6O2/c1-5-2-7(16-12)14-8(13-5)4-17-3-6(11)9(18)15-10(17)19/h2-3H,4,12H2,1H3,(H,13,14,16)(H,15,18,19). The number of aromatic amines is 1. The minimum atomic E-state index is -0.627. The van der Waals surface area contributed by atoms with Gasteiger partial charge >= 0.3 is 5.69 Å². The molecule has 0 atom stereocenters. The van der Waals surface area contributed by atoms with E-state index >= 15 is 0 Å². The summed E-state index contributed by atoms with van der Waals surface area (Å²) in [6, 6.07) is 1.66. The van der Waals surface area contributed by atoms with Crippen LogP contribution < -0.4 is 22.5 Å². The van der Waals surface area contributed by atoms with Crippen molar-refractivity contribution in [3.63, 3.8) is 0 Å². The summed E-state index contributed by atoms with van der Waals surface area (Å²) in [7, 11) is 0. The summed E-state index contributed by atoms with van der Waals surface area (Å²) in [4.78, 5) is 33.1. The monoisotopic (exact) mass is 282 g/mol. The van der Waals surface area contributed by atoms with E-state index in [4.69, 9.17) is 17.4 Å². The number of H-pyrrole nitrogens is 1. The van der Waals surface area contributed by atoms with E-state index in [1.54, 1.807) is 13.0 Å². The van der Waals surface area contributed by atoms with Gasteiger partial charge in [-0.3, -0.25) is 14.3 Å². The van der Waals surface area contributed by atoms with E-state index in [9.17, 15) is 9.59 Å². The second-order valence-electron chi connectivity index (χ2n) is 3.82. The normalized spacial score (nSPS) is 10.5. The second kappa shape index (κ2) is 5.21. The molecule has 0 radical (unpaired) electrons. The number of rotatable bonds is 3. The molecule has 2 heterocycles. The van der Waals surface area contributed by atoms with Crippen LogP contribution in [0.2, 0.25) is 5.02 Å². The van der Waals surface area contributed by atoms with Crippen LogP contribution in [-0.2, 0) is 6.54 Å². The maximum Gasteiger partial charge on any atom is 0.328 e. The van der Waals surface area contributed by atoms with Crippen molar-refractivity contribution in [1.29, 1.82) is 0 Å². The number of aryl methyl sites for hydroxylation is 1. The molecule has 2 aromatic heterocycles. The number of nitrogens with two attached hydrogens (primary N) is 1. The van der Waals surface area contributed by atoms with E-state index in [1.807, 2.05) is 0 Å². The Balaban J connectivity index is 2.41. The van der Waals surface area contributed by atoms with Gasteiger partial charge in [0.25, 0.3) is 5.56 Å². The number of hydrazine groups is 1. The Hall–Kier alpha value is -2.19. The van der Waals surface area contributed by atoms with Gasteiger partial charge in [-0.1, -0.05) is 11.6 Å². The molecule has 19 heavy (non-hydrogen) atoms. The summed E-state index contributed by atoms with van der Waals surface area (Å²) in [5.74, 6) is 6.09. The molecule has 0 aromatic carbocycles. The lowest BCUT2D eigenvalue weighted by atomic mass is 10.4. The van der Waals surface area contributed by atoms with Gasteiger partial charge in [-0.15, -0.1) is 0 Å². The fourth-order valence-corrected chi connectivity index (χ4v) is 1.69. The summed E-state index contributed by atoms with van der Waals surface area (Å²) in [5, 5.41) is -0.0792. The SMILES string of the molecule is Cc1cc(NN)nc(Cn2cc(Cl)c(=O)[nH]c2=O)n1. The minimum absolute atomic E-state index is 0.0751. The lowest BCUT2D eigenvalue weighted by Gasteiger charge is -2.07. The molecule has 0 aliphatic heterocycles. The minimum Gasteiger partial charge on any atom is -0.308 e. The summed E-state index contributed by atoms with van der Waals surface area (Å²) in [5.41, 5.74) is 1.89. The van der Waals surface area contributed by atoms with E-state index in [0.717, 1.165) is 0 Å². The van der Waals surface area contributed by atoms with Crippen LogP contribution in [0.3, 0.4) is 0 Å². The largest absolute Gasteiger partial charge is 0.328 e. The van der Waals surface area contributed by atoms with Crippen molar-refractivity contribution in [2.75, 3.05) is 5.43 Å². The third kappa shape index (κ3) is 2.98. The Morgan fingerprint density at radius 2 is 2.21 bits per heavy atom. The number of aromatic nitrogens is 4. The molecule has 8 nitrogen and oxygen atoms in total. The Labute approximate surface area is 112 Å². The highest BCUT2D eigenvalue weighted by atomic mass is 35.5. The second-order valence-corrected chi connectivity index (χ2v) is 4.23. The van der Waals surface area contributed by atoms with Gasteiger partial charge in [0.2, 0.25) is 0 Å². The molecule has 9 heteroatoms. The molecule has 0 amide bonds. The van der Waals surface area contributed by atoms with Crippen LogP contribution in [0.15, 0.2) is 21.9 Å². The summed E-state index contributed by atoms with van der Waals surface area (Å²) >= 11 is 5.67. The molecule has 0 unspecified atom stereocenters. The Kier molecular flexibility index (Phi) is 3.63. The van der Waals surface area contributed by atoms with Gasteiger partial charge in [0, 0.05) is 18.0 Å². The van der Waals surface area contributed by atoms with Gasteiger partial charge in [-0.25, -0.2) is 20.6 Å². The zero-order valence-corrected chi connectivity index (χ0v) is 10.7. The number of nitrogens with one attached hydrogen (secondary N) is 2. The highest BCUT2D eigenvalue weighted by Crippen LogP contribution is 2.05. The topological polar surface area (TPSA) is 119 Å². The zero-order valence-electron chi connectivity index (χ0n) is 9.98. The van der Waals surface area contributed by atoms with Gasteiger partial charge in [0.1, 0.15) is 10.8 Å². The highest BCUT2D eigenvalue weighted by molar-refractivity contribution is 6.30. The number of nitrogens with zero attached hydrogens (tertiary/aromatic N) is 3. The quantitative estimate of drug-likeness (QED) is 0.522. The molecule has 0 aliphatic carbocycles. The van der Waals surface area contributed by atoms with E-state index in [0.29, 0.717) is 17.3 Å². The van der Waals surface area contributed by atoms with Crippen LogP contribution in [0.5, 0.6) is 0 Å². The smallest absolute Gasteiger partial charge is 0.308 e. The van der Waals surface area contributed by atoms with E-state index < -0.39 is 11.2 Å². The van der Waals surface area contributed by atoms with Gasteiger partial charge < -0.3 is 5.43 Å². The molecule has 0 saturated carbocycles. The molecule has 0 bridgehead atoms. The number of nitrogen functional groups attached to an aromatic ring is 1. The molecule has 4 N–H and O–H groups in total. The predicted molar refractivity (Wildman–Crippen MR) is 70.0 cm³/mol. The van der Waals surface area contributed by atoms with Crippen LogP contribution in [0, 0.1) is 6.92 Å². The summed E-state index contributed by atoms with van der Waals surface area (Å²) < 4.78 is 1.21. The Morgan fingerprint density at radius 3 is 2.89 bits per heavy atom. The summed E-state index contributed by atoms with van der Waals surface area (Å²) in [6.07, 6.45) is 1.24. The molecular formula is C10H11ClN6O2. The maximum atomic E-state index is 11.6. The first-order valence-corrected chi connectivity index (χ1v) is 5.68. The number of hydrogen-bond donors (Lipinski definition) is 3. The molecular weight excluding hydrogens is 272 g/mol. The molecule has 2 rings (SSSR count). The van der Waals surface area contributed by atoms with Crippen molar-refractivity contribution in [3.8, 4) is 0 Å². The van der Waals surface area contributed by atoms with Gasteiger partial charge in [-0.05, 0) is 6.92 Å². The van der Waals surface area contributed by atoms with Crippen molar-refractivity contribution < 1.29 is 0 Å². The zero-order chi connectivity index (χ0) is 14.0. The molecule has 2 aromatic rings. The third-order valence-electron chi connectivity index (χ3n) is 2.33. The van der Waals surface area contributed by atoms with E-state index in [2.05, 4.69) is 20.4 Å². The fourth-order valence-electron chi connectivity index (χ4n) is 1.53. The summed E-state index contributed by atoms with van der Waals surface area (Å²) in [6.45, 7) is 1.85. The number of hydrogen-bond acceptors (Lipinski definition) is 6. The third-order valence-corrected chi connectivity index (χ3v) is 2.60. The molecule has 0 fully saturated rings. The lowest BCUT2D eigenvalue weighted by Crippen LogP contribution is -2.30. The van der Waals surface area contributed by atoms with Crippen LogP contribution in [0.4, 0.5) is 5.82 Å². The fraction of sp³-hybridized carbons (Fsp3) is 0.200. The van der Waals surface area contributed by atoms with Crippen molar-refractivity contribution in [3.05, 3.63) is 49.6 Å². The first-order valence-electron chi connectivity index (χ1n) is 5.30. The van der Waals surface area contributed by atoms with Crippen LogP contribution in [0.1, 0.15) is 11.5 Å². The first kappa shape index (κ1) is 13.2. The van der Waals surface area contributed by atoms with Crippen LogP contribution in [-0.4, -0.2) is 19.5 Å². The van der Waals surface area contributed by atoms with Crippen molar-refractivity contribution in [1.82, 2.24) is 19.5 Å². The molecule has 0 spiro atoms. The van der Waals surface area contributed by atoms with E-state index in [1.165, 1.54) is 10.8 Å². The lowest BCUT2D eigenvalue weighted by molar-refractivity contribution is 0.683. The highest BCUT2D eigenvalue weighted by Gasteiger charge is 2.06. The van der Waals surface area contributed by atoms with Crippen molar-refractivity contribution >= 4 is 17.4 Å². The average molecular weight is 283 g/mol. The van der Waals surface area contributed by atoms with Gasteiger partial charge in [-0.2, -0.15) is 0 Å². The number of halogens is 1. The van der Waals surface area contributed by atoms with Gasteiger partial charge in [0.05, 0.1) is 6.54 Å². The molecule has 100 valence electrons. The van der Waals surface area contributed by atoms with Crippen LogP contribution >= 0.6 is 11.6 Å². The van der Waals surface area contributed by atoms with Gasteiger partial charge in [0.15, 0.2) is 5.82 Å². The Morgan fingerprint density at radius 1 is 1.47 bits per heavy atom. The first-order chi connectivity index (χ1) is 8.99. The number of anilines is 1. The predicted octanol–water partition coefficient (Wildman–Crippen LogP) is -0.378. The Bertz CT molecular complexity index is 723. The van der Waals surface area contributed by atoms with Crippen LogP contribution in [0.25, 0.3) is 0 Å². The molecule has 0 aliphatic rings.